The Bertz CT molecular complexity index is 1090. The zero-order valence-corrected chi connectivity index (χ0v) is 16.3. The molecule has 4 N–H and O–H groups in total. The van der Waals surface area contributed by atoms with Gasteiger partial charge in [-0.2, -0.15) is 4.98 Å². The molecule has 0 bridgehead atoms. The van der Waals surface area contributed by atoms with Gasteiger partial charge in [0.25, 0.3) is 5.56 Å². The molecule has 8 nitrogen and oxygen atoms in total. The summed E-state index contributed by atoms with van der Waals surface area (Å²) in [5, 5.41) is 6.98. The summed E-state index contributed by atoms with van der Waals surface area (Å²) < 4.78 is 1.55. The first kappa shape index (κ1) is 18.9. The van der Waals surface area contributed by atoms with Gasteiger partial charge < -0.3 is 16.4 Å². The summed E-state index contributed by atoms with van der Waals surface area (Å²) in [5.74, 6) is 0.478. The van der Waals surface area contributed by atoms with Crippen molar-refractivity contribution in [2.24, 2.45) is 0 Å². The predicted octanol–water partition coefficient (Wildman–Crippen LogP) is 2.22. The van der Waals surface area contributed by atoms with Crippen LogP contribution >= 0.6 is 0 Å². The highest BCUT2D eigenvalue weighted by Gasteiger charge is 2.22. The van der Waals surface area contributed by atoms with E-state index < -0.39 is 0 Å². The molecule has 29 heavy (non-hydrogen) atoms. The average molecular weight is 392 g/mol. The number of rotatable bonds is 4. The number of nitrogens with zero attached hydrogens (tertiary/aromatic N) is 3. The lowest BCUT2D eigenvalue weighted by atomic mass is 9.91. The van der Waals surface area contributed by atoms with Gasteiger partial charge in [0.05, 0.1) is 11.1 Å². The lowest BCUT2D eigenvalue weighted by Gasteiger charge is -2.29. The minimum Gasteiger partial charge on any atom is -0.398 e. The van der Waals surface area contributed by atoms with Crippen LogP contribution < -0.4 is 21.9 Å². The number of fused-ring (bicyclic) bond motifs is 1. The Hall–Kier alpha value is -3.42. The number of nitrogens with two attached hydrogens (primary N) is 1. The first-order chi connectivity index (χ1) is 14.0. The van der Waals surface area contributed by atoms with Gasteiger partial charge in [0.15, 0.2) is 5.65 Å². The number of hydrogen-bond donors (Lipinski definition) is 3. The molecular weight excluding hydrogens is 368 g/mol. The van der Waals surface area contributed by atoms with E-state index in [9.17, 15) is 9.59 Å². The van der Waals surface area contributed by atoms with E-state index in [0.717, 1.165) is 31.4 Å². The lowest BCUT2D eigenvalue weighted by Crippen LogP contribution is -2.39. The zero-order chi connectivity index (χ0) is 20.4. The summed E-state index contributed by atoms with van der Waals surface area (Å²) in [7, 11) is 0. The number of nitrogen functional groups attached to an aromatic ring is 1. The second kappa shape index (κ2) is 7.90. The Morgan fingerprint density at radius 2 is 1.83 bits per heavy atom. The molecule has 0 unspecified atom stereocenters. The van der Waals surface area contributed by atoms with Crippen molar-refractivity contribution in [2.45, 2.75) is 44.7 Å². The van der Waals surface area contributed by atoms with Crippen molar-refractivity contribution in [1.29, 1.82) is 0 Å². The van der Waals surface area contributed by atoms with E-state index in [0.29, 0.717) is 22.7 Å². The molecule has 2 heterocycles. The third-order valence-corrected chi connectivity index (χ3v) is 5.27. The average Bonchev–Trinajstić information content (AvgIpc) is 2.70. The standard InChI is InChI=1S/C21H24N6O2/c1-13(28)24-14-7-9-15(10-8-14)25-21-23-12-17-18(22)11-19(29)27(20(17)26-21)16-5-3-2-4-6-16/h2-6,11-12,14-15H,7-10,22H2,1H3,(H,24,28)(H,23,25,26). The highest BCUT2D eigenvalue weighted by molar-refractivity contribution is 5.88. The smallest absolute Gasteiger partial charge is 0.258 e. The molecule has 0 saturated heterocycles. The van der Waals surface area contributed by atoms with Gasteiger partial charge in [-0.25, -0.2) is 4.98 Å². The van der Waals surface area contributed by atoms with Gasteiger partial charge in [0.1, 0.15) is 0 Å². The number of amides is 1. The van der Waals surface area contributed by atoms with Gasteiger partial charge in [-0.05, 0) is 37.8 Å². The first-order valence-corrected chi connectivity index (χ1v) is 9.78. The Morgan fingerprint density at radius 3 is 2.52 bits per heavy atom. The fourth-order valence-corrected chi connectivity index (χ4v) is 3.87. The SMILES string of the molecule is CC(=O)NC1CCC(Nc2ncc3c(N)cc(=O)n(-c4ccccc4)c3n2)CC1. The summed E-state index contributed by atoms with van der Waals surface area (Å²) in [5.41, 5.74) is 7.37. The number of carbonyl (C=O) groups is 1. The molecule has 150 valence electrons. The number of hydrogen-bond acceptors (Lipinski definition) is 6. The molecule has 0 spiro atoms. The van der Waals surface area contributed by atoms with Crippen LogP contribution in [0.1, 0.15) is 32.6 Å². The van der Waals surface area contributed by atoms with E-state index in [1.54, 1.807) is 17.7 Å². The van der Waals surface area contributed by atoms with Crippen LogP contribution in [0.2, 0.25) is 0 Å². The summed E-state index contributed by atoms with van der Waals surface area (Å²) in [6.45, 7) is 1.55. The molecule has 1 amide bonds. The molecule has 0 aliphatic heterocycles. The Balaban J connectivity index is 1.62. The zero-order valence-electron chi connectivity index (χ0n) is 16.3. The lowest BCUT2D eigenvalue weighted by molar-refractivity contribution is -0.119. The van der Waals surface area contributed by atoms with Crippen LogP contribution in [0.3, 0.4) is 0 Å². The number of aromatic nitrogens is 3. The maximum atomic E-state index is 12.6. The van der Waals surface area contributed by atoms with Crippen LogP contribution in [0.25, 0.3) is 16.7 Å². The van der Waals surface area contributed by atoms with Crippen molar-refractivity contribution in [3.8, 4) is 5.69 Å². The molecular formula is C21H24N6O2. The monoisotopic (exact) mass is 392 g/mol. The normalized spacial score (nSPS) is 19.1. The van der Waals surface area contributed by atoms with Crippen LogP contribution in [-0.2, 0) is 4.79 Å². The van der Waals surface area contributed by atoms with E-state index in [2.05, 4.69) is 20.6 Å². The minimum atomic E-state index is -0.235. The van der Waals surface area contributed by atoms with Crippen molar-refractivity contribution < 1.29 is 4.79 Å². The van der Waals surface area contributed by atoms with Crippen molar-refractivity contribution in [2.75, 3.05) is 11.1 Å². The van der Waals surface area contributed by atoms with Crippen LogP contribution in [0, 0.1) is 0 Å². The molecule has 8 heteroatoms. The van der Waals surface area contributed by atoms with Crippen molar-refractivity contribution in [3.05, 3.63) is 52.9 Å². The second-order valence-corrected chi connectivity index (χ2v) is 7.43. The van der Waals surface area contributed by atoms with Gasteiger partial charge in [-0.1, -0.05) is 18.2 Å². The molecule has 0 radical (unpaired) electrons. The predicted molar refractivity (Wildman–Crippen MR) is 113 cm³/mol. The largest absolute Gasteiger partial charge is 0.398 e. The van der Waals surface area contributed by atoms with E-state index >= 15 is 0 Å². The Kier molecular flexibility index (Phi) is 5.16. The van der Waals surface area contributed by atoms with E-state index in [1.807, 2.05) is 30.3 Å². The van der Waals surface area contributed by atoms with Gasteiger partial charge in [0, 0.05) is 37.0 Å². The Morgan fingerprint density at radius 1 is 1.14 bits per heavy atom. The third kappa shape index (κ3) is 4.06. The van der Waals surface area contributed by atoms with E-state index in [4.69, 9.17) is 5.73 Å². The maximum Gasteiger partial charge on any atom is 0.258 e. The maximum absolute atomic E-state index is 12.6. The van der Waals surface area contributed by atoms with Crippen LogP contribution in [0.4, 0.5) is 11.6 Å². The van der Waals surface area contributed by atoms with Crippen molar-refractivity contribution >= 4 is 28.6 Å². The van der Waals surface area contributed by atoms with Gasteiger partial charge in [-0.3, -0.25) is 14.2 Å². The fraction of sp³-hybridized carbons (Fsp3) is 0.333. The Labute approximate surface area is 168 Å². The molecule has 1 saturated carbocycles. The molecule has 3 aromatic rings. The summed E-state index contributed by atoms with van der Waals surface area (Å²) in [4.78, 5) is 32.9. The van der Waals surface area contributed by atoms with Crippen LogP contribution in [0.15, 0.2) is 47.4 Å². The number of para-hydroxylation sites is 1. The molecule has 2 aromatic heterocycles. The number of nitrogens with one attached hydrogen (secondary N) is 2. The number of carbonyl (C=O) groups excluding carboxylic acids is 1. The van der Waals surface area contributed by atoms with Gasteiger partial charge in [0.2, 0.25) is 11.9 Å². The van der Waals surface area contributed by atoms with Gasteiger partial charge in [-0.15, -0.1) is 0 Å². The minimum absolute atomic E-state index is 0.00995. The third-order valence-electron chi connectivity index (χ3n) is 5.27. The summed E-state index contributed by atoms with van der Waals surface area (Å²) in [6.07, 6.45) is 5.30. The molecule has 1 aromatic carbocycles. The second-order valence-electron chi connectivity index (χ2n) is 7.43. The molecule has 1 aliphatic carbocycles. The number of pyridine rings is 1. The molecule has 0 atom stereocenters. The first-order valence-electron chi connectivity index (χ1n) is 9.78. The fourth-order valence-electron chi connectivity index (χ4n) is 3.87. The topological polar surface area (TPSA) is 115 Å². The molecule has 4 rings (SSSR count). The van der Waals surface area contributed by atoms with Crippen molar-refractivity contribution in [3.63, 3.8) is 0 Å². The van der Waals surface area contributed by atoms with E-state index in [1.165, 1.54) is 6.07 Å². The highest BCUT2D eigenvalue weighted by atomic mass is 16.1. The number of anilines is 2. The van der Waals surface area contributed by atoms with E-state index in [-0.39, 0.29) is 23.6 Å². The summed E-state index contributed by atoms with van der Waals surface area (Å²) >= 11 is 0. The van der Waals surface area contributed by atoms with Crippen LogP contribution in [0.5, 0.6) is 0 Å². The number of benzene rings is 1. The quantitative estimate of drug-likeness (QED) is 0.627. The van der Waals surface area contributed by atoms with Crippen molar-refractivity contribution in [1.82, 2.24) is 19.9 Å². The molecule has 1 aliphatic rings. The molecule has 1 fully saturated rings. The summed E-state index contributed by atoms with van der Waals surface area (Å²) in [6, 6.07) is 11.2. The van der Waals surface area contributed by atoms with Crippen LogP contribution in [-0.4, -0.2) is 32.5 Å². The highest BCUT2D eigenvalue weighted by Crippen LogP contribution is 2.24. The van der Waals surface area contributed by atoms with Gasteiger partial charge >= 0.3 is 0 Å².